The Labute approximate surface area is 188 Å². The number of carbonyl (C=O) groups is 1. The van der Waals surface area contributed by atoms with Crippen molar-refractivity contribution in [3.63, 3.8) is 0 Å². The number of hydrogen-bond donors (Lipinski definition) is 1. The van der Waals surface area contributed by atoms with E-state index < -0.39 is 17.8 Å². The molecule has 7 nitrogen and oxygen atoms in total. The Hall–Kier alpha value is -3.04. The molecule has 0 aromatic carbocycles. The van der Waals surface area contributed by atoms with Crippen LogP contribution in [0.1, 0.15) is 44.2 Å². The highest BCUT2D eigenvalue weighted by molar-refractivity contribution is 5.88. The Morgan fingerprint density at radius 3 is 2.82 bits per heavy atom. The summed E-state index contributed by atoms with van der Waals surface area (Å²) >= 11 is 0. The van der Waals surface area contributed by atoms with E-state index in [-0.39, 0.29) is 30.1 Å². The predicted octanol–water partition coefficient (Wildman–Crippen LogP) is 4.00. The van der Waals surface area contributed by atoms with Gasteiger partial charge >= 0.3 is 0 Å². The number of amides is 1. The topological polar surface area (TPSA) is 87.7 Å². The third kappa shape index (κ3) is 4.69. The third-order valence-corrected chi connectivity index (χ3v) is 6.74. The number of hydrogen-bond acceptors (Lipinski definition) is 5. The lowest BCUT2D eigenvalue weighted by atomic mass is 9.77. The smallest absolute Gasteiger partial charge is 0.222 e. The molecule has 33 heavy (non-hydrogen) atoms. The van der Waals surface area contributed by atoms with Crippen LogP contribution in [-0.4, -0.2) is 55.2 Å². The Kier molecular flexibility index (Phi) is 5.99. The van der Waals surface area contributed by atoms with Gasteiger partial charge in [0.1, 0.15) is 17.7 Å². The molecular formula is C23H25F3N6O. The zero-order valence-corrected chi connectivity index (χ0v) is 18.1. The normalized spacial score (nSPS) is 23.4. The molecule has 3 aromatic heterocycles. The number of H-pyrrole nitrogens is 1. The fourth-order valence-corrected chi connectivity index (χ4v) is 5.08. The Bertz CT molecular complexity index is 1170. The van der Waals surface area contributed by atoms with Gasteiger partial charge in [-0.15, -0.1) is 0 Å². The lowest BCUT2D eigenvalue weighted by molar-refractivity contribution is -0.131. The lowest BCUT2D eigenvalue weighted by Gasteiger charge is -2.30. The fraction of sp³-hybridized carbons (Fsp3) is 0.522. The van der Waals surface area contributed by atoms with E-state index in [1.54, 1.807) is 4.90 Å². The standard InChI is InChI=1S/C23H25F3N6O/c24-15-4-5-32(12-15)20(33)8-14-3-1-2-13(6-14)7-19-18(26)11-28-23(29-19)21-17-9-16(25)10-27-22(17)31-30-21/h9-11,13-15H,1-8,12H2,(H,27,30,31)/t13-,14+,15+/m0/s1. The van der Waals surface area contributed by atoms with Crippen molar-refractivity contribution in [1.29, 1.82) is 0 Å². The van der Waals surface area contributed by atoms with E-state index in [4.69, 9.17) is 0 Å². The molecule has 1 aliphatic heterocycles. The highest BCUT2D eigenvalue weighted by Gasteiger charge is 2.30. The van der Waals surface area contributed by atoms with Crippen LogP contribution in [0.5, 0.6) is 0 Å². The minimum Gasteiger partial charge on any atom is -0.340 e. The largest absolute Gasteiger partial charge is 0.340 e. The highest BCUT2D eigenvalue weighted by atomic mass is 19.1. The highest BCUT2D eigenvalue weighted by Crippen LogP contribution is 2.34. The molecule has 0 spiro atoms. The molecule has 1 N–H and O–H groups in total. The zero-order chi connectivity index (χ0) is 22.9. The van der Waals surface area contributed by atoms with E-state index in [1.807, 2.05) is 0 Å². The second-order valence-electron chi connectivity index (χ2n) is 9.14. The third-order valence-electron chi connectivity index (χ3n) is 6.74. The van der Waals surface area contributed by atoms with Crippen molar-refractivity contribution in [2.75, 3.05) is 13.1 Å². The van der Waals surface area contributed by atoms with Gasteiger partial charge in [0.2, 0.25) is 5.91 Å². The average Bonchev–Trinajstić information content (AvgIpc) is 3.42. The van der Waals surface area contributed by atoms with Crippen LogP contribution in [0.15, 0.2) is 18.5 Å². The first-order chi connectivity index (χ1) is 16.0. The van der Waals surface area contributed by atoms with E-state index >= 15 is 0 Å². The monoisotopic (exact) mass is 458 g/mol. The van der Waals surface area contributed by atoms with Crippen LogP contribution in [0, 0.1) is 23.5 Å². The second kappa shape index (κ2) is 9.07. The second-order valence-corrected chi connectivity index (χ2v) is 9.14. The van der Waals surface area contributed by atoms with Crippen molar-refractivity contribution in [3.05, 3.63) is 35.8 Å². The quantitative estimate of drug-likeness (QED) is 0.624. The van der Waals surface area contributed by atoms with Gasteiger partial charge in [0.05, 0.1) is 30.0 Å². The number of fused-ring (bicyclic) bond motifs is 1. The first-order valence-electron chi connectivity index (χ1n) is 11.4. The molecule has 3 aromatic rings. The fourth-order valence-electron chi connectivity index (χ4n) is 5.08. The Balaban J connectivity index is 1.29. The number of pyridine rings is 1. The maximum atomic E-state index is 14.6. The number of likely N-dealkylation sites (tertiary alicyclic amines) is 1. The maximum absolute atomic E-state index is 14.6. The van der Waals surface area contributed by atoms with Crippen LogP contribution in [-0.2, 0) is 11.2 Å². The van der Waals surface area contributed by atoms with Gasteiger partial charge in [-0.2, -0.15) is 5.10 Å². The minimum atomic E-state index is -0.915. The molecule has 10 heteroatoms. The van der Waals surface area contributed by atoms with E-state index in [1.165, 1.54) is 6.07 Å². The SMILES string of the molecule is O=C(C[C@@H]1CCC[C@H](Cc2nc(-c3[nH]nc4ncc(F)cc34)ncc2F)C1)N1CC[C@@H](F)C1. The van der Waals surface area contributed by atoms with E-state index in [0.717, 1.165) is 38.1 Å². The summed E-state index contributed by atoms with van der Waals surface area (Å²) in [5, 5.41) is 7.25. The van der Waals surface area contributed by atoms with Gasteiger partial charge < -0.3 is 4.90 Å². The van der Waals surface area contributed by atoms with E-state index in [0.29, 0.717) is 48.2 Å². The van der Waals surface area contributed by atoms with Gasteiger partial charge in [-0.1, -0.05) is 12.8 Å². The number of aromatic amines is 1. The molecule has 1 saturated carbocycles. The van der Waals surface area contributed by atoms with Crippen molar-refractivity contribution in [2.45, 2.75) is 51.1 Å². The average molecular weight is 458 g/mol. The number of alkyl halides is 1. The van der Waals surface area contributed by atoms with Gasteiger partial charge in [0, 0.05) is 13.0 Å². The molecule has 2 fully saturated rings. The molecule has 2 aliphatic rings. The van der Waals surface area contributed by atoms with Gasteiger partial charge in [0.25, 0.3) is 0 Å². The molecule has 1 amide bonds. The first-order valence-corrected chi connectivity index (χ1v) is 11.4. The van der Waals surface area contributed by atoms with Crippen molar-refractivity contribution in [1.82, 2.24) is 30.0 Å². The summed E-state index contributed by atoms with van der Waals surface area (Å²) in [6, 6.07) is 1.29. The molecule has 3 atom stereocenters. The summed E-state index contributed by atoms with van der Waals surface area (Å²) in [5.41, 5.74) is 1.02. The molecule has 0 radical (unpaired) electrons. The summed E-state index contributed by atoms with van der Waals surface area (Å²) in [6.07, 6.45) is 6.21. The number of rotatable bonds is 5. The number of nitrogens with zero attached hydrogens (tertiary/aromatic N) is 5. The van der Waals surface area contributed by atoms with Crippen LogP contribution >= 0.6 is 0 Å². The number of aromatic nitrogens is 5. The Morgan fingerprint density at radius 2 is 2.00 bits per heavy atom. The zero-order valence-electron chi connectivity index (χ0n) is 18.1. The van der Waals surface area contributed by atoms with Gasteiger partial charge in [-0.05, 0) is 43.6 Å². The molecular weight excluding hydrogens is 433 g/mol. The lowest BCUT2D eigenvalue weighted by Crippen LogP contribution is -2.31. The minimum absolute atomic E-state index is 0.0169. The summed E-state index contributed by atoms with van der Waals surface area (Å²) in [4.78, 5) is 26.6. The molecule has 5 rings (SSSR count). The molecule has 4 heterocycles. The van der Waals surface area contributed by atoms with Gasteiger partial charge in [-0.25, -0.2) is 28.1 Å². The Morgan fingerprint density at radius 1 is 1.15 bits per heavy atom. The van der Waals surface area contributed by atoms with Crippen LogP contribution in [0.4, 0.5) is 13.2 Å². The molecule has 1 aliphatic carbocycles. The predicted molar refractivity (Wildman–Crippen MR) is 115 cm³/mol. The summed E-state index contributed by atoms with van der Waals surface area (Å²) in [5.74, 6) is -0.340. The van der Waals surface area contributed by atoms with Gasteiger partial charge in [0.15, 0.2) is 17.3 Å². The number of carbonyl (C=O) groups excluding carboxylic acids is 1. The summed E-state index contributed by atoms with van der Waals surface area (Å²) in [6.45, 7) is 0.693. The van der Waals surface area contributed by atoms with E-state index in [2.05, 4.69) is 25.1 Å². The van der Waals surface area contributed by atoms with Gasteiger partial charge in [-0.3, -0.25) is 9.89 Å². The van der Waals surface area contributed by atoms with Crippen LogP contribution in [0.3, 0.4) is 0 Å². The maximum Gasteiger partial charge on any atom is 0.222 e. The van der Waals surface area contributed by atoms with Crippen LogP contribution in [0.25, 0.3) is 22.6 Å². The first kappa shape index (κ1) is 21.8. The van der Waals surface area contributed by atoms with Crippen molar-refractivity contribution >= 4 is 16.9 Å². The molecule has 174 valence electrons. The molecule has 0 bridgehead atoms. The van der Waals surface area contributed by atoms with Crippen molar-refractivity contribution in [2.24, 2.45) is 11.8 Å². The van der Waals surface area contributed by atoms with Crippen LogP contribution < -0.4 is 0 Å². The van der Waals surface area contributed by atoms with Crippen molar-refractivity contribution < 1.29 is 18.0 Å². The number of halogens is 3. The summed E-state index contributed by atoms with van der Waals surface area (Å²) < 4.78 is 41.7. The molecule has 1 saturated heterocycles. The molecule has 0 unspecified atom stereocenters. The number of nitrogens with one attached hydrogen (secondary N) is 1. The summed E-state index contributed by atoms with van der Waals surface area (Å²) in [7, 11) is 0. The van der Waals surface area contributed by atoms with Crippen LogP contribution in [0.2, 0.25) is 0 Å². The van der Waals surface area contributed by atoms with E-state index in [9.17, 15) is 18.0 Å². The van der Waals surface area contributed by atoms with Crippen molar-refractivity contribution in [3.8, 4) is 11.5 Å².